The number of aromatic nitrogens is 4. The van der Waals surface area contributed by atoms with Crippen molar-refractivity contribution < 1.29 is 9.53 Å². The minimum Gasteiger partial charge on any atom is -0.376 e. The molecule has 3 heterocycles. The number of hydrogen-bond acceptors (Lipinski definition) is 5. The second-order valence-corrected chi connectivity index (χ2v) is 6.15. The molecule has 1 N–H and O–H groups in total. The van der Waals surface area contributed by atoms with E-state index in [1.54, 1.807) is 36.8 Å². The monoisotopic (exact) mass is 337 g/mol. The zero-order valence-corrected chi connectivity index (χ0v) is 13.8. The summed E-state index contributed by atoms with van der Waals surface area (Å²) in [5.41, 5.74) is 2.66. The molecule has 0 radical (unpaired) electrons. The van der Waals surface area contributed by atoms with E-state index < -0.39 is 0 Å². The highest BCUT2D eigenvalue weighted by Crippen LogP contribution is 2.16. The Labute approximate surface area is 145 Å². The van der Waals surface area contributed by atoms with Crippen molar-refractivity contribution in [3.8, 4) is 0 Å². The molecule has 1 atom stereocenters. The highest BCUT2D eigenvalue weighted by molar-refractivity contribution is 6.05. The van der Waals surface area contributed by atoms with Crippen LogP contribution in [0.15, 0.2) is 43.0 Å². The van der Waals surface area contributed by atoms with E-state index in [1.165, 1.54) is 6.42 Å². The summed E-state index contributed by atoms with van der Waals surface area (Å²) in [4.78, 5) is 20.9. The average molecular weight is 337 g/mol. The Bertz CT molecular complexity index is 886. The van der Waals surface area contributed by atoms with Gasteiger partial charge in [-0.2, -0.15) is 5.10 Å². The van der Waals surface area contributed by atoms with Crippen LogP contribution in [0, 0.1) is 0 Å². The van der Waals surface area contributed by atoms with Crippen LogP contribution >= 0.6 is 0 Å². The lowest BCUT2D eigenvalue weighted by Gasteiger charge is -2.22. The molecule has 1 saturated heterocycles. The number of carbonyl (C=O) groups excluding carboxylic acids is 1. The summed E-state index contributed by atoms with van der Waals surface area (Å²) in [6.45, 7) is 1.53. The van der Waals surface area contributed by atoms with Crippen molar-refractivity contribution >= 4 is 22.6 Å². The highest BCUT2D eigenvalue weighted by Gasteiger charge is 2.15. The Balaban J connectivity index is 1.43. The van der Waals surface area contributed by atoms with Gasteiger partial charge in [0, 0.05) is 30.8 Å². The summed E-state index contributed by atoms with van der Waals surface area (Å²) in [7, 11) is 0. The van der Waals surface area contributed by atoms with Gasteiger partial charge in [-0.15, -0.1) is 0 Å². The Kier molecular flexibility index (Phi) is 4.39. The number of nitrogens with zero attached hydrogens (tertiary/aromatic N) is 4. The van der Waals surface area contributed by atoms with Gasteiger partial charge in [0.05, 0.1) is 35.6 Å². The topological polar surface area (TPSA) is 81.9 Å². The van der Waals surface area contributed by atoms with Crippen molar-refractivity contribution in [1.29, 1.82) is 0 Å². The Morgan fingerprint density at radius 1 is 1.24 bits per heavy atom. The largest absolute Gasteiger partial charge is 0.376 e. The molecule has 1 fully saturated rings. The van der Waals surface area contributed by atoms with E-state index in [9.17, 15) is 4.79 Å². The summed E-state index contributed by atoms with van der Waals surface area (Å²) < 4.78 is 7.54. The van der Waals surface area contributed by atoms with E-state index in [0.717, 1.165) is 25.0 Å². The summed E-state index contributed by atoms with van der Waals surface area (Å²) in [6, 6.07) is 5.27. The van der Waals surface area contributed by atoms with E-state index in [-0.39, 0.29) is 12.0 Å². The van der Waals surface area contributed by atoms with E-state index in [2.05, 4.69) is 20.4 Å². The molecule has 1 unspecified atom stereocenters. The van der Waals surface area contributed by atoms with E-state index in [1.807, 2.05) is 10.9 Å². The third-order valence-electron chi connectivity index (χ3n) is 4.29. The number of rotatable bonds is 4. The molecular weight excluding hydrogens is 318 g/mol. The van der Waals surface area contributed by atoms with Crippen molar-refractivity contribution in [1.82, 2.24) is 19.7 Å². The van der Waals surface area contributed by atoms with Crippen molar-refractivity contribution in [2.45, 2.75) is 31.9 Å². The maximum absolute atomic E-state index is 12.4. The van der Waals surface area contributed by atoms with Gasteiger partial charge in [-0.25, -0.2) is 0 Å². The van der Waals surface area contributed by atoms with Gasteiger partial charge in [-0.1, -0.05) is 0 Å². The van der Waals surface area contributed by atoms with Gasteiger partial charge < -0.3 is 10.1 Å². The second kappa shape index (κ2) is 6.98. The lowest BCUT2D eigenvalue weighted by molar-refractivity contribution is 0.00401. The van der Waals surface area contributed by atoms with Crippen molar-refractivity contribution in [2.75, 3.05) is 11.9 Å². The standard InChI is InChI=1S/C18H19N5O2/c24-18(13-4-5-16-17(9-13)20-7-6-19-16)22-14-10-21-23(11-14)12-15-3-1-2-8-25-15/h4-7,9-11,15H,1-3,8,12H2,(H,22,24). The zero-order valence-electron chi connectivity index (χ0n) is 13.8. The molecule has 128 valence electrons. The third kappa shape index (κ3) is 3.66. The minimum absolute atomic E-state index is 0.194. The lowest BCUT2D eigenvalue weighted by atomic mass is 10.1. The number of ether oxygens (including phenoxy) is 1. The molecule has 2 aromatic heterocycles. The Morgan fingerprint density at radius 2 is 2.12 bits per heavy atom. The fraction of sp³-hybridized carbons (Fsp3) is 0.333. The molecule has 0 bridgehead atoms. The number of benzene rings is 1. The maximum atomic E-state index is 12.4. The summed E-state index contributed by atoms with van der Waals surface area (Å²) in [6.07, 6.45) is 10.3. The van der Waals surface area contributed by atoms with Crippen molar-refractivity contribution in [3.05, 3.63) is 48.5 Å². The van der Waals surface area contributed by atoms with E-state index in [0.29, 0.717) is 23.3 Å². The average Bonchev–Trinajstić information content (AvgIpc) is 3.09. The summed E-state index contributed by atoms with van der Waals surface area (Å²) in [5, 5.41) is 7.18. The fourth-order valence-electron chi connectivity index (χ4n) is 3.00. The maximum Gasteiger partial charge on any atom is 0.255 e. The third-order valence-corrected chi connectivity index (χ3v) is 4.29. The number of hydrogen-bond donors (Lipinski definition) is 1. The number of nitrogens with one attached hydrogen (secondary N) is 1. The molecule has 0 saturated carbocycles. The first-order valence-electron chi connectivity index (χ1n) is 8.44. The molecule has 0 aliphatic carbocycles. The molecule has 1 aromatic carbocycles. The van der Waals surface area contributed by atoms with Gasteiger partial charge in [-0.3, -0.25) is 19.4 Å². The van der Waals surface area contributed by atoms with Crippen molar-refractivity contribution in [2.24, 2.45) is 0 Å². The van der Waals surface area contributed by atoms with Crippen LogP contribution in [0.4, 0.5) is 5.69 Å². The first-order chi connectivity index (χ1) is 12.3. The molecule has 7 heteroatoms. The van der Waals surface area contributed by atoms with Crippen LogP contribution in [0.1, 0.15) is 29.6 Å². The smallest absolute Gasteiger partial charge is 0.255 e. The fourth-order valence-corrected chi connectivity index (χ4v) is 3.00. The molecule has 3 aromatic rings. The quantitative estimate of drug-likeness (QED) is 0.791. The molecule has 1 aliphatic rings. The number of amides is 1. The van der Waals surface area contributed by atoms with Crippen LogP contribution in [0.25, 0.3) is 11.0 Å². The lowest BCUT2D eigenvalue weighted by Crippen LogP contribution is -2.24. The van der Waals surface area contributed by atoms with Crippen LogP contribution in [-0.2, 0) is 11.3 Å². The normalized spacial score (nSPS) is 17.5. The van der Waals surface area contributed by atoms with Gasteiger partial charge in [-0.05, 0) is 37.5 Å². The van der Waals surface area contributed by atoms with Gasteiger partial charge in [0.2, 0.25) is 0 Å². The van der Waals surface area contributed by atoms with E-state index in [4.69, 9.17) is 4.74 Å². The molecule has 0 spiro atoms. The number of fused-ring (bicyclic) bond motifs is 1. The molecule has 7 nitrogen and oxygen atoms in total. The van der Waals surface area contributed by atoms with Crippen LogP contribution < -0.4 is 5.32 Å². The summed E-state index contributed by atoms with van der Waals surface area (Å²) >= 11 is 0. The minimum atomic E-state index is -0.194. The zero-order chi connectivity index (χ0) is 17.1. The second-order valence-electron chi connectivity index (χ2n) is 6.15. The van der Waals surface area contributed by atoms with Gasteiger partial charge in [0.15, 0.2) is 0 Å². The van der Waals surface area contributed by atoms with Crippen LogP contribution in [-0.4, -0.2) is 38.4 Å². The number of carbonyl (C=O) groups is 1. The van der Waals surface area contributed by atoms with E-state index >= 15 is 0 Å². The molecule has 25 heavy (non-hydrogen) atoms. The molecule has 4 rings (SSSR count). The van der Waals surface area contributed by atoms with Crippen LogP contribution in [0.5, 0.6) is 0 Å². The first kappa shape index (κ1) is 15.7. The molecule has 1 aliphatic heterocycles. The molecule has 1 amide bonds. The van der Waals surface area contributed by atoms with Gasteiger partial charge >= 0.3 is 0 Å². The highest BCUT2D eigenvalue weighted by atomic mass is 16.5. The molecular formula is C18H19N5O2. The van der Waals surface area contributed by atoms with Crippen LogP contribution in [0.3, 0.4) is 0 Å². The first-order valence-corrected chi connectivity index (χ1v) is 8.44. The number of anilines is 1. The SMILES string of the molecule is O=C(Nc1cnn(CC2CCCCO2)c1)c1ccc2nccnc2c1. The predicted octanol–water partition coefficient (Wildman–Crippen LogP) is 2.65. The van der Waals surface area contributed by atoms with Gasteiger partial charge in [0.1, 0.15) is 0 Å². The van der Waals surface area contributed by atoms with Crippen molar-refractivity contribution in [3.63, 3.8) is 0 Å². The van der Waals surface area contributed by atoms with Crippen LogP contribution in [0.2, 0.25) is 0 Å². The Hall–Kier alpha value is -2.80. The summed E-state index contributed by atoms with van der Waals surface area (Å²) in [5.74, 6) is -0.194. The van der Waals surface area contributed by atoms with Gasteiger partial charge in [0.25, 0.3) is 5.91 Å². The Morgan fingerprint density at radius 3 is 2.96 bits per heavy atom. The predicted molar refractivity (Wildman–Crippen MR) is 93.3 cm³/mol.